The lowest BCUT2D eigenvalue weighted by Gasteiger charge is -2.06. The summed E-state index contributed by atoms with van der Waals surface area (Å²) in [6.45, 7) is 2.19. The van der Waals surface area contributed by atoms with E-state index in [1.165, 1.54) is 18.4 Å². The van der Waals surface area contributed by atoms with E-state index in [1.54, 1.807) is 7.11 Å². The second kappa shape index (κ2) is 11.3. The number of benzene rings is 3. The minimum atomic E-state index is 0.173. The smallest absolute Gasteiger partial charge is 0.212 e. The number of hydrazone groups is 1. The number of aromatic nitrogens is 2. The van der Waals surface area contributed by atoms with Crippen molar-refractivity contribution in [2.24, 2.45) is 15.3 Å². The zero-order valence-electron chi connectivity index (χ0n) is 19.1. The van der Waals surface area contributed by atoms with Gasteiger partial charge in [-0.05, 0) is 66.9 Å². The van der Waals surface area contributed by atoms with E-state index in [2.05, 4.69) is 49.8 Å². The Morgan fingerprint density at radius 2 is 1.65 bits per heavy atom. The second-order valence-corrected chi connectivity index (χ2v) is 7.96. The molecule has 7 nitrogen and oxygen atoms in total. The van der Waals surface area contributed by atoms with Gasteiger partial charge in [-0.1, -0.05) is 49.2 Å². The molecule has 1 N–H and O–H groups in total. The Morgan fingerprint density at radius 3 is 2.32 bits per heavy atom. The van der Waals surface area contributed by atoms with Crippen molar-refractivity contribution in [2.75, 3.05) is 12.5 Å². The molecular weight excluding hydrogens is 448 g/mol. The van der Waals surface area contributed by atoms with Crippen LogP contribution in [0, 0.1) is 0 Å². The van der Waals surface area contributed by atoms with Crippen LogP contribution in [-0.2, 0) is 6.42 Å². The molecule has 0 radical (unpaired) electrons. The van der Waals surface area contributed by atoms with Gasteiger partial charge in [-0.25, -0.2) is 9.97 Å². The molecule has 34 heavy (non-hydrogen) atoms. The minimum Gasteiger partial charge on any atom is -0.497 e. The van der Waals surface area contributed by atoms with E-state index in [0.29, 0.717) is 16.9 Å². The molecule has 0 bridgehead atoms. The van der Waals surface area contributed by atoms with E-state index in [9.17, 15) is 0 Å². The van der Waals surface area contributed by atoms with Gasteiger partial charge in [0.2, 0.25) is 11.7 Å². The molecule has 0 aliphatic rings. The number of halogens is 1. The monoisotopic (exact) mass is 472 g/mol. The number of rotatable bonds is 8. The molecule has 0 unspecified atom stereocenters. The van der Waals surface area contributed by atoms with Crippen LogP contribution in [0.25, 0.3) is 11.0 Å². The van der Waals surface area contributed by atoms with Crippen molar-refractivity contribution < 1.29 is 4.74 Å². The first-order valence-electron chi connectivity index (χ1n) is 11.1. The van der Waals surface area contributed by atoms with Crippen molar-refractivity contribution in [1.82, 2.24) is 9.97 Å². The van der Waals surface area contributed by atoms with Crippen molar-refractivity contribution in [3.8, 4) is 5.75 Å². The maximum Gasteiger partial charge on any atom is 0.212 e. The summed E-state index contributed by atoms with van der Waals surface area (Å²) >= 11 is 6.30. The number of nitrogens with one attached hydrogen (secondary N) is 1. The predicted octanol–water partition coefficient (Wildman–Crippen LogP) is 7.19. The van der Waals surface area contributed by atoms with Gasteiger partial charge in [0.1, 0.15) is 5.75 Å². The molecule has 0 spiro atoms. The van der Waals surface area contributed by atoms with E-state index in [0.717, 1.165) is 23.4 Å². The number of unbranched alkanes of at least 4 members (excludes halogenated alkanes) is 1. The number of amidine groups is 1. The number of hydrogen-bond acceptors (Lipinski definition) is 6. The Balaban J connectivity index is 1.62. The highest BCUT2D eigenvalue weighted by Crippen LogP contribution is 2.24. The molecule has 4 aromatic rings. The van der Waals surface area contributed by atoms with Crippen LogP contribution in [0.1, 0.15) is 30.9 Å². The number of aryl methyl sites for hydroxylation is 1. The van der Waals surface area contributed by atoms with E-state index < -0.39 is 0 Å². The van der Waals surface area contributed by atoms with Gasteiger partial charge < -0.3 is 4.74 Å². The van der Waals surface area contributed by atoms with Gasteiger partial charge in [-0.15, -0.1) is 10.2 Å². The molecule has 0 saturated heterocycles. The molecule has 4 rings (SSSR count). The van der Waals surface area contributed by atoms with Crippen LogP contribution in [0.5, 0.6) is 5.75 Å². The van der Waals surface area contributed by atoms with Crippen LogP contribution in [0.2, 0.25) is 5.15 Å². The quantitative estimate of drug-likeness (QED) is 0.127. The highest BCUT2D eigenvalue weighted by atomic mass is 35.5. The Hall–Kier alpha value is -3.84. The van der Waals surface area contributed by atoms with Crippen molar-refractivity contribution >= 4 is 40.0 Å². The van der Waals surface area contributed by atoms with Crippen LogP contribution in [0.4, 0.5) is 11.5 Å². The first kappa shape index (κ1) is 23.3. The standard InChI is InChI=1S/C26H25ClN6O/c1-3-4-7-18-10-14-20(15-11-18)30-31-25(19-12-16-21(34-2)17-13-19)32-33-26-24(27)28-22-8-5-6-9-23(22)29-26/h5-6,8-17,30H,3-4,7H2,1-2H3. The van der Waals surface area contributed by atoms with Crippen molar-refractivity contribution in [3.05, 3.63) is 89.1 Å². The molecule has 0 aliphatic heterocycles. The molecule has 0 saturated carbocycles. The lowest BCUT2D eigenvalue weighted by molar-refractivity contribution is 0.415. The van der Waals surface area contributed by atoms with Crippen LogP contribution >= 0.6 is 11.6 Å². The van der Waals surface area contributed by atoms with Gasteiger partial charge in [0, 0.05) is 5.56 Å². The normalized spacial score (nSPS) is 11.8. The van der Waals surface area contributed by atoms with E-state index in [-0.39, 0.29) is 11.0 Å². The summed E-state index contributed by atoms with van der Waals surface area (Å²) < 4.78 is 5.26. The third-order valence-corrected chi connectivity index (χ3v) is 5.42. The Morgan fingerprint density at radius 1 is 0.941 bits per heavy atom. The number of methoxy groups -OCH3 is 1. The molecule has 0 aliphatic carbocycles. The molecular formula is C26H25ClN6O. The molecule has 0 amide bonds. The zero-order chi connectivity index (χ0) is 23.8. The largest absolute Gasteiger partial charge is 0.497 e. The summed E-state index contributed by atoms with van der Waals surface area (Å²) in [4.78, 5) is 8.82. The fourth-order valence-electron chi connectivity index (χ4n) is 3.26. The number of para-hydroxylation sites is 2. The molecule has 1 aromatic heterocycles. The summed E-state index contributed by atoms with van der Waals surface area (Å²) in [5, 5.41) is 13.3. The van der Waals surface area contributed by atoms with Gasteiger partial charge >= 0.3 is 0 Å². The lowest BCUT2D eigenvalue weighted by Crippen LogP contribution is -2.01. The maximum atomic E-state index is 6.30. The Kier molecular flexibility index (Phi) is 7.78. The topological polar surface area (TPSA) is 84.1 Å². The highest BCUT2D eigenvalue weighted by molar-refractivity contribution is 6.31. The second-order valence-electron chi connectivity index (χ2n) is 7.60. The number of fused-ring (bicyclic) bond motifs is 1. The summed E-state index contributed by atoms with van der Waals surface area (Å²) in [5.41, 5.74) is 7.35. The maximum absolute atomic E-state index is 6.30. The molecule has 0 atom stereocenters. The van der Waals surface area contributed by atoms with Gasteiger partial charge in [-0.3, -0.25) is 5.43 Å². The van der Waals surface area contributed by atoms with Crippen LogP contribution in [0.3, 0.4) is 0 Å². The average Bonchev–Trinajstić information content (AvgIpc) is 2.88. The highest BCUT2D eigenvalue weighted by Gasteiger charge is 2.08. The SMILES string of the molecule is CCCCc1ccc(NN=C(N=Nc2nc3ccccc3nc2Cl)c2ccc(OC)cc2)cc1. The van der Waals surface area contributed by atoms with E-state index in [4.69, 9.17) is 16.3 Å². The van der Waals surface area contributed by atoms with Gasteiger partial charge in [-0.2, -0.15) is 5.10 Å². The summed E-state index contributed by atoms with van der Waals surface area (Å²) in [5.74, 6) is 1.32. The van der Waals surface area contributed by atoms with Crippen molar-refractivity contribution in [2.45, 2.75) is 26.2 Å². The first-order valence-corrected chi connectivity index (χ1v) is 11.4. The van der Waals surface area contributed by atoms with Crippen LogP contribution < -0.4 is 10.2 Å². The number of anilines is 1. The number of hydrogen-bond donors (Lipinski definition) is 1. The van der Waals surface area contributed by atoms with Crippen molar-refractivity contribution in [1.29, 1.82) is 0 Å². The molecule has 172 valence electrons. The molecule has 1 heterocycles. The Bertz CT molecular complexity index is 1300. The fourth-order valence-corrected chi connectivity index (χ4v) is 3.43. The third-order valence-electron chi connectivity index (χ3n) is 5.16. The average molecular weight is 473 g/mol. The molecule has 0 fully saturated rings. The predicted molar refractivity (Wildman–Crippen MR) is 137 cm³/mol. The number of nitrogens with zero attached hydrogens (tertiary/aromatic N) is 5. The minimum absolute atomic E-state index is 0.173. The van der Waals surface area contributed by atoms with E-state index in [1.807, 2.05) is 60.7 Å². The van der Waals surface area contributed by atoms with Gasteiger partial charge in [0.05, 0.1) is 23.8 Å². The van der Waals surface area contributed by atoms with Gasteiger partial charge in [0.15, 0.2) is 5.15 Å². The van der Waals surface area contributed by atoms with E-state index >= 15 is 0 Å². The molecule has 8 heteroatoms. The first-order chi connectivity index (χ1) is 16.7. The number of azo groups is 1. The summed E-state index contributed by atoms with van der Waals surface area (Å²) in [6, 6.07) is 23.1. The summed E-state index contributed by atoms with van der Waals surface area (Å²) in [7, 11) is 1.62. The fraction of sp³-hybridized carbons (Fsp3) is 0.192. The van der Waals surface area contributed by atoms with Crippen LogP contribution in [-0.4, -0.2) is 22.9 Å². The lowest BCUT2D eigenvalue weighted by atomic mass is 10.1. The summed E-state index contributed by atoms with van der Waals surface area (Å²) in [6.07, 6.45) is 3.41. The third kappa shape index (κ3) is 5.94. The van der Waals surface area contributed by atoms with Crippen LogP contribution in [0.15, 0.2) is 88.1 Å². The van der Waals surface area contributed by atoms with Gasteiger partial charge in [0.25, 0.3) is 0 Å². The Labute approximate surface area is 203 Å². The van der Waals surface area contributed by atoms with Crippen molar-refractivity contribution in [3.63, 3.8) is 0 Å². The number of ether oxygens (including phenoxy) is 1. The molecule has 3 aromatic carbocycles. The zero-order valence-corrected chi connectivity index (χ0v) is 19.8.